The molecule has 1 aliphatic rings. The van der Waals surface area contributed by atoms with Crippen LogP contribution in [0.4, 0.5) is 4.39 Å². The number of nitrogens with one attached hydrogen (secondary N) is 1. The summed E-state index contributed by atoms with van der Waals surface area (Å²) in [6, 6.07) is 11.7. The summed E-state index contributed by atoms with van der Waals surface area (Å²) in [6.45, 7) is 2.15. The molecule has 0 bridgehead atoms. The molecule has 27 heavy (non-hydrogen) atoms. The number of hydrazone groups is 1. The van der Waals surface area contributed by atoms with Crippen molar-refractivity contribution in [3.8, 4) is 0 Å². The molecule has 1 unspecified atom stereocenters. The van der Waals surface area contributed by atoms with Gasteiger partial charge in [0.05, 0.1) is 10.9 Å². The lowest BCUT2D eigenvalue weighted by Gasteiger charge is -2.25. The Kier molecular flexibility index (Phi) is 5.76. The van der Waals surface area contributed by atoms with Crippen LogP contribution in [-0.2, 0) is 10.0 Å². The van der Waals surface area contributed by atoms with E-state index in [0.717, 1.165) is 5.56 Å². The van der Waals surface area contributed by atoms with Crippen molar-refractivity contribution in [3.05, 3.63) is 64.9 Å². The van der Waals surface area contributed by atoms with Crippen LogP contribution in [0.2, 0.25) is 5.02 Å². The van der Waals surface area contributed by atoms with Crippen LogP contribution in [0.15, 0.2) is 63.5 Å². The highest BCUT2D eigenvalue weighted by Crippen LogP contribution is 2.28. The third kappa shape index (κ3) is 4.45. The van der Waals surface area contributed by atoms with Gasteiger partial charge in [0.15, 0.2) is 0 Å². The number of benzene rings is 2. The first-order valence-electron chi connectivity index (χ1n) is 8.30. The molecule has 0 saturated heterocycles. The van der Waals surface area contributed by atoms with E-state index in [-0.39, 0.29) is 22.7 Å². The van der Waals surface area contributed by atoms with Gasteiger partial charge in [0.2, 0.25) is 5.96 Å². The fourth-order valence-electron chi connectivity index (χ4n) is 2.69. The van der Waals surface area contributed by atoms with E-state index in [4.69, 9.17) is 11.6 Å². The molecule has 6 nitrogen and oxygen atoms in total. The van der Waals surface area contributed by atoms with Crippen molar-refractivity contribution in [2.75, 3.05) is 6.54 Å². The Morgan fingerprint density at radius 2 is 2.07 bits per heavy atom. The normalized spacial score (nSPS) is 17.4. The number of sulfonamides is 1. The van der Waals surface area contributed by atoms with Gasteiger partial charge in [0.1, 0.15) is 5.82 Å². The first-order valence-corrected chi connectivity index (χ1v) is 10.2. The van der Waals surface area contributed by atoms with Crippen molar-refractivity contribution < 1.29 is 12.8 Å². The number of nitrogens with zero attached hydrogens (tertiary/aromatic N) is 3. The van der Waals surface area contributed by atoms with Crippen molar-refractivity contribution in [2.24, 2.45) is 10.1 Å². The van der Waals surface area contributed by atoms with Crippen molar-refractivity contribution >= 4 is 33.8 Å². The number of hydrogen-bond donors (Lipinski definition) is 1. The molecule has 0 aliphatic carbocycles. The van der Waals surface area contributed by atoms with Gasteiger partial charge in [-0.1, -0.05) is 29.8 Å². The highest BCUT2D eigenvalue weighted by atomic mass is 35.5. The molecule has 2 aromatic rings. The Balaban J connectivity index is 1.90. The molecule has 0 fully saturated rings. The average Bonchev–Trinajstić information content (AvgIpc) is 3.11. The first-order chi connectivity index (χ1) is 12.9. The predicted molar refractivity (Wildman–Crippen MR) is 104 cm³/mol. The minimum absolute atomic E-state index is 0.0281. The highest BCUT2D eigenvalue weighted by molar-refractivity contribution is 7.90. The molecule has 142 valence electrons. The van der Waals surface area contributed by atoms with E-state index in [0.29, 0.717) is 18.0 Å². The van der Waals surface area contributed by atoms with E-state index in [9.17, 15) is 12.8 Å². The van der Waals surface area contributed by atoms with Gasteiger partial charge in [-0.3, -0.25) is 4.99 Å². The minimum atomic E-state index is -3.89. The minimum Gasteiger partial charge on any atom is -0.251 e. The lowest BCUT2D eigenvalue weighted by molar-refractivity contribution is 0.360. The van der Waals surface area contributed by atoms with Gasteiger partial charge in [-0.05, 0) is 42.8 Å². The predicted octanol–water partition coefficient (Wildman–Crippen LogP) is 3.57. The number of halogens is 2. The van der Waals surface area contributed by atoms with Crippen LogP contribution in [-0.4, -0.2) is 32.1 Å². The Bertz CT molecular complexity index is 977. The summed E-state index contributed by atoms with van der Waals surface area (Å²) in [5, 5.41) is 6.07. The highest BCUT2D eigenvalue weighted by Gasteiger charge is 2.29. The molecule has 1 aliphatic heterocycles. The molecule has 3 rings (SSSR count). The zero-order chi connectivity index (χ0) is 19.4. The van der Waals surface area contributed by atoms with Crippen LogP contribution in [0.3, 0.4) is 0 Å². The summed E-state index contributed by atoms with van der Waals surface area (Å²) in [7, 11) is -3.89. The fraction of sp³-hybridized carbons (Fsp3) is 0.222. The van der Waals surface area contributed by atoms with E-state index in [1.54, 1.807) is 37.4 Å². The molecular weight excluding hydrogens is 391 g/mol. The van der Waals surface area contributed by atoms with Gasteiger partial charge in [-0.25, -0.2) is 22.5 Å². The quantitative estimate of drug-likeness (QED) is 0.620. The summed E-state index contributed by atoms with van der Waals surface area (Å²) in [6.07, 6.45) is 2.22. The largest absolute Gasteiger partial charge is 0.264 e. The standard InChI is InChI=1S/C18H18ClFN4O2S/c1-2-21-18(23-27(25,26)16-5-3-4-14(19)12-16)24-17(10-11-22-24)13-6-8-15(20)9-7-13/h3-9,11-12,17H,2,10H2,1H3,(H,21,23). The number of guanidine groups is 1. The summed E-state index contributed by atoms with van der Waals surface area (Å²) >= 11 is 5.90. The third-order valence-corrected chi connectivity index (χ3v) is 5.50. The van der Waals surface area contributed by atoms with Crippen LogP contribution < -0.4 is 4.72 Å². The lowest BCUT2D eigenvalue weighted by Crippen LogP contribution is -2.42. The average molecular weight is 409 g/mol. The molecule has 2 aromatic carbocycles. The Labute approximate surface area is 162 Å². The lowest BCUT2D eigenvalue weighted by atomic mass is 10.0. The molecule has 0 saturated carbocycles. The fourth-order valence-corrected chi connectivity index (χ4v) is 4.01. The van der Waals surface area contributed by atoms with E-state index >= 15 is 0 Å². The van der Waals surface area contributed by atoms with Gasteiger partial charge >= 0.3 is 0 Å². The molecule has 1 atom stereocenters. The Morgan fingerprint density at radius 3 is 2.74 bits per heavy atom. The van der Waals surface area contributed by atoms with Gasteiger partial charge < -0.3 is 0 Å². The van der Waals surface area contributed by atoms with Crippen LogP contribution >= 0.6 is 11.6 Å². The van der Waals surface area contributed by atoms with Crippen LogP contribution in [0.25, 0.3) is 0 Å². The Morgan fingerprint density at radius 1 is 1.33 bits per heavy atom. The van der Waals surface area contributed by atoms with E-state index in [1.165, 1.54) is 29.3 Å². The maximum Gasteiger partial charge on any atom is 0.264 e. The molecule has 0 radical (unpaired) electrons. The van der Waals surface area contributed by atoms with E-state index in [1.807, 2.05) is 0 Å². The van der Waals surface area contributed by atoms with Crippen LogP contribution in [0.5, 0.6) is 0 Å². The van der Waals surface area contributed by atoms with Gasteiger partial charge in [0.25, 0.3) is 10.0 Å². The van der Waals surface area contributed by atoms with E-state index < -0.39 is 10.0 Å². The zero-order valence-corrected chi connectivity index (χ0v) is 16.1. The van der Waals surface area contributed by atoms with E-state index in [2.05, 4.69) is 14.8 Å². The van der Waals surface area contributed by atoms with Gasteiger partial charge in [-0.15, -0.1) is 0 Å². The molecule has 0 spiro atoms. The zero-order valence-electron chi connectivity index (χ0n) is 14.5. The third-order valence-electron chi connectivity index (χ3n) is 3.94. The second kappa shape index (κ2) is 8.06. The summed E-state index contributed by atoms with van der Waals surface area (Å²) in [5.41, 5.74) is 0.805. The van der Waals surface area contributed by atoms with Gasteiger partial charge in [0, 0.05) is 24.2 Å². The number of rotatable bonds is 4. The molecule has 0 aromatic heterocycles. The SMILES string of the molecule is CCN=C(NS(=O)(=O)c1cccc(Cl)c1)N1N=CCC1c1ccc(F)cc1. The van der Waals surface area contributed by atoms with Crippen LogP contribution in [0.1, 0.15) is 24.9 Å². The molecule has 9 heteroatoms. The number of aliphatic imine (C=N–C) groups is 1. The molecular formula is C18H18ClFN4O2S. The van der Waals surface area contributed by atoms with Crippen molar-refractivity contribution in [1.29, 1.82) is 0 Å². The van der Waals surface area contributed by atoms with Crippen molar-refractivity contribution in [3.63, 3.8) is 0 Å². The molecule has 0 amide bonds. The summed E-state index contributed by atoms with van der Waals surface area (Å²) < 4.78 is 41.2. The molecule has 1 heterocycles. The Hall–Kier alpha value is -2.45. The first kappa shape index (κ1) is 19.3. The van der Waals surface area contributed by atoms with Crippen LogP contribution in [0, 0.1) is 5.82 Å². The smallest absolute Gasteiger partial charge is 0.251 e. The summed E-state index contributed by atoms with van der Waals surface area (Å²) in [5.74, 6) is -0.242. The monoisotopic (exact) mass is 408 g/mol. The maximum atomic E-state index is 13.2. The second-order valence-corrected chi connectivity index (χ2v) is 7.93. The molecule has 1 N–H and O–H groups in total. The summed E-state index contributed by atoms with van der Waals surface area (Å²) in [4.78, 5) is 4.29. The van der Waals surface area contributed by atoms with Crippen molar-refractivity contribution in [1.82, 2.24) is 9.73 Å². The second-order valence-electron chi connectivity index (χ2n) is 5.81. The number of hydrogen-bond acceptors (Lipinski definition) is 4. The van der Waals surface area contributed by atoms with Gasteiger partial charge in [-0.2, -0.15) is 5.10 Å². The topological polar surface area (TPSA) is 74.1 Å². The van der Waals surface area contributed by atoms with Crippen molar-refractivity contribution in [2.45, 2.75) is 24.3 Å². The maximum absolute atomic E-state index is 13.2.